The second kappa shape index (κ2) is 4.32. The first kappa shape index (κ1) is 12.8. The third-order valence-electron chi connectivity index (χ3n) is 2.11. The fourth-order valence-corrected chi connectivity index (χ4v) is 2.41. The fourth-order valence-electron chi connectivity index (χ4n) is 1.47. The number of nitrogens with zero attached hydrogens (tertiary/aromatic N) is 2. The quantitative estimate of drug-likeness (QED) is 0.823. The van der Waals surface area contributed by atoms with E-state index in [9.17, 15) is 8.42 Å². The zero-order valence-electron chi connectivity index (χ0n) is 9.98. The van der Waals surface area contributed by atoms with Crippen molar-refractivity contribution in [1.82, 2.24) is 9.78 Å². The smallest absolute Gasteiger partial charge is 0.182 e. The van der Waals surface area contributed by atoms with Crippen LogP contribution in [-0.4, -0.2) is 31.0 Å². The second-order valence-corrected chi connectivity index (χ2v) is 5.86. The minimum atomic E-state index is -3.37. The van der Waals surface area contributed by atoms with Crippen molar-refractivity contribution in [2.24, 2.45) is 0 Å². The van der Waals surface area contributed by atoms with Crippen LogP contribution in [0.5, 0.6) is 0 Å². The van der Waals surface area contributed by atoms with Crippen LogP contribution in [-0.2, 0) is 9.84 Å². The molecule has 0 spiro atoms. The lowest BCUT2D eigenvalue weighted by atomic mass is 10.4. The number of nitrogens with two attached hydrogens (primary N) is 1. The van der Waals surface area contributed by atoms with Crippen molar-refractivity contribution in [2.75, 3.05) is 23.9 Å². The van der Waals surface area contributed by atoms with E-state index in [1.807, 2.05) is 20.8 Å². The first-order valence-corrected chi connectivity index (χ1v) is 7.00. The molecule has 7 heteroatoms. The number of hydrogen-bond acceptors (Lipinski definition) is 5. The SMILES string of the molecule is CCNc1nn(C(C)C)c(N)c1S(C)(=O)=O. The van der Waals surface area contributed by atoms with Crippen LogP contribution >= 0.6 is 0 Å². The van der Waals surface area contributed by atoms with Crippen LogP contribution < -0.4 is 11.1 Å². The lowest BCUT2D eigenvalue weighted by molar-refractivity contribution is 0.541. The maximum absolute atomic E-state index is 11.6. The zero-order chi connectivity index (χ0) is 12.5. The number of hydrogen-bond donors (Lipinski definition) is 2. The van der Waals surface area contributed by atoms with E-state index in [1.54, 1.807) is 0 Å². The van der Waals surface area contributed by atoms with Gasteiger partial charge in [-0.05, 0) is 20.8 Å². The molecule has 0 saturated carbocycles. The van der Waals surface area contributed by atoms with E-state index in [2.05, 4.69) is 10.4 Å². The lowest BCUT2D eigenvalue weighted by Gasteiger charge is -2.06. The normalized spacial score (nSPS) is 12.1. The largest absolute Gasteiger partial charge is 0.383 e. The Morgan fingerprint density at radius 1 is 1.50 bits per heavy atom. The Bertz CT molecular complexity index is 476. The Hall–Kier alpha value is -1.24. The summed E-state index contributed by atoms with van der Waals surface area (Å²) in [6.07, 6.45) is 1.13. The van der Waals surface area contributed by atoms with Crippen molar-refractivity contribution in [3.8, 4) is 0 Å². The van der Waals surface area contributed by atoms with Crippen LogP contribution in [0.4, 0.5) is 11.6 Å². The minimum Gasteiger partial charge on any atom is -0.383 e. The fraction of sp³-hybridized carbons (Fsp3) is 0.667. The van der Waals surface area contributed by atoms with E-state index >= 15 is 0 Å². The van der Waals surface area contributed by atoms with Gasteiger partial charge >= 0.3 is 0 Å². The standard InChI is InChI=1S/C9H18N4O2S/c1-5-11-9-7(16(4,14)15)8(10)13(12-9)6(2)3/h6H,5,10H2,1-4H3,(H,11,12). The molecule has 92 valence electrons. The highest BCUT2D eigenvalue weighted by Gasteiger charge is 2.24. The van der Waals surface area contributed by atoms with E-state index in [1.165, 1.54) is 4.68 Å². The molecule has 0 aromatic carbocycles. The molecule has 0 aliphatic carbocycles. The predicted octanol–water partition coefficient (Wildman–Crippen LogP) is 0.881. The van der Waals surface area contributed by atoms with Crippen molar-refractivity contribution in [1.29, 1.82) is 0 Å². The van der Waals surface area contributed by atoms with Gasteiger partial charge in [-0.1, -0.05) is 0 Å². The Balaban J connectivity index is 3.44. The van der Waals surface area contributed by atoms with Crippen LogP contribution in [0.15, 0.2) is 4.90 Å². The highest BCUT2D eigenvalue weighted by atomic mass is 32.2. The molecule has 1 rings (SSSR count). The van der Waals surface area contributed by atoms with Crippen molar-refractivity contribution in [2.45, 2.75) is 31.7 Å². The molecule has 0 atom stereocenters. The molecule has 0 amide bonds. The summed E-state index contributed by atoms with van der Waals surface area (Å²) >= 11 is 0. The van der Waals surface area contributed by atoms with Crippen LogP contribution in [0, 0.1) is 0 Å². The predicted molar refractivity (Wildman–Crippen MR) is 64.3 cm³/mol. The van der Waals surface area contributed by atoms with Crippen molar-refractivity contribution < 1.29 is 8.42 Å². The monoisotopic (exact) mass is 246 g/mol. The van der Waals surface area contributed by atoms with Gasteiger partial charge in [0.15, 0.2) is 20.6 Å². The Labute approximate surface area is 95.7 Å². The highest BCUT2D eigenvalue weighted by molar-refractivity contribution is 7.91. The molecule has 0 bridgehead atoms. The molecule has 0 aliphatic rings. The summed E-state index contributed by atoms with van der Waals surface area (Å²) in [5.74, 6) is 0.518. The summed E-state index contributed by atoms with van der Waals surface area (Å²) in [6, 6.07) is 0.0212. The van der Waals surface area contributed by atoms with Gasteiger partial charge in [0.05, 0.1) is 0 Å². The minimum absolute atomic E-state index is 0.0212. The van der Waals surface area contributed by atoms with E-state index in [-0.39, 0.29) is 16.8 Å². The Morgan fingerprint density at radius 2 is 2.06 bits per heavy atom. The van der Waals surface area contributed by atoms with Gasteiger partial charge in [-0.15, -0.1) is 0 Å². The zero-order valence-corrected chi connectivity index (χ0v) is 10.8. The molecule has 1 heterocycles. The number of sulfone groups is 1. The topological polar surface area (TPSA) is 90.0 Å². The van der Waals surface area contributed by atoms with Gasteiger partial charge in [-0.25, -0.2) is 13.1 Å². The average molecular weight is 246 g/mol. The number of nitrogen functional groups attached to an aromatic ring is 1. The van der Waals surface area contributed by atoms with E-state index in [4.69, 9.17) is 5.73 Å². The first-order valence-electron chi connectivity index (χ1n) is 5.11. The van der Waals surface area contributed by atoms with Gasteiger partial charge in [0.25, 0.3) is 0 Å². The molecule has 0 unspecified atom stereocenters. The Morgan fingerprint density at radius 3 is 2.44 bits per heavy atom. The van der Waals surface area contributed by atoms with Gasteiger partial charge < -0.3 is 11.1 Å². The van der Waals surface area contributed by atoms with Crippen molar-refractivity contribution in [3.63, 3.8) is 0 Å². The van der Waals surface area contributed by atoms with E-state index < -0.39 is 9.84 Å². The van der Waals surface area contributed by atoms with Gasteiger partial charge in [0.2, 0.25) is 0 Å². The van der Waals surface area contributed by atoms with Crippen molar-refractivity contribution in [3.05, 3.63) is 0 Å². The van der Waals surface area contributed by atoms with Crippen LogP contribution in [0.25, 0.3) is 0 Å². The van der Waals surface area contributed by atoms with Gasteiger partial charge in [-0.3, -0.25) is 0 Å². The molecule has 6 nitrogen and oxygen atoms in total. The van der Waals surface area contributed by atoms with Gasteiger partial charge in [-0.2, -0.15) is 5.10 Å². The van der Waals surface area contributed by atoms with Crippen LogP contribution in [0.2, 0.25) is 0 Å². The lowest BCUT2D eigenvalue weighted by Crippen LogP contribution is -2.09. The number of nitrogens with one attached hydrogen (secondary N) is 1. The maximum Gasteiger partial charge on any atom is 0.182 e. The molecule has 3 N–H and O–H groups in total. The van der Waals surface area contributed by atoms with Crippen molar-refractivity contribution >= 4 is 21.5 Å². The van der Waals surface area contributed by atoms with Crippen LogP contribution in [0.1, 0.15) is 26.8 Å². The second-order valence-electron chi connectivity index (χ2n) is 3.90. The van der Waals surface area contributed by atoms with E-state index in [0.29, 0.717) is 12.4 Å². The number of aromatic nitrogens is 2. The molecule has 0 aliphatic heterocycles. The summed E-state index contributed by atoms with van der Waals surface area (Å²) in [7, 11) is -3.37. The summed E-state index contributed by atoms with van der Waals surface area (Å²) in [4.78, 5) is 0.0862. The van der Waals surface area contributed by atoms with Gasteiger partial charge in [0, 0.05) is 18.8 Å². The third-order valence-corrected chi connectivity index (χ3v) is 3.25. The highest BCUT2D eigenvalue weighted by Crippen LogP contribution is 2.28. The van der Waals surface area contributed by atoms with Gasteiger partial charge in [0.1, 0.15) is 5.82 Å². The Kier molecular flexibility index (Phi) is 3.47. The van der Waals surface area contributed by atoms with E-state index in [0.717, 1.165) is 6.26 Å². The summed E-state index contributed by atoms with van der Waals surface area (Å²) in [5, 5.41) is 7.07. The molecular formula is C9H18N4O2S. The molecule has 1 aromatic rings. The average Bonchev–Trinajstić information content (AvgIpc) is 2.42. The number of anilines is 2. The van der Waals surface area contributed by atoms with Crippen LogP contribution in [0.3, 0.4) is 0 Å². The summed E-state index contributed by atoms with van der Waals surface area (Å²) in [6.45, 7) is 6.25. The number of rotatable bonds is 4. The molecule has 1 aromatic heterocycles. The maximum atomic E-state index is 11.6. The first-order chi connectivity index (χ1) is 7.29. The molecule has 0 radical (unpaired) electrons. The molecule has 16 heavy (non-hydrogen) atoms. The summed E-state index contributed by atoms with van der Waals surface area (Å²) < 4.78 is 24.7. The summed E-state index contributed by atoms with van der Waals surface area (Å²) in [5.41, 5.74) is 5.80. The molecular weight excluding hydrogens is 228 g/mol. The molecule has 0 fully saturated rings. The molecule has 0 saturated heterocycles. The third kappa shape index (κ3) is 2.29.